The molecule has 0 amide bonds. The van der Waals surface area contributed by atoms with Crippen molar-refractivity contribution < 1.29 is 0 Å². The second-order valence-electron chi connectivity index (χ2n) is 5.18. The fourth-order valence-electron chi connectivity index (χ4n) is 2.70. The number of hydrogen-bond donors (Lipinski definition) is 1. The fourth-order valence-corrected chi connectivity index (χ4v) is 3.27. The van der Waals surface area contributed by atoms with Crippen LogP contribution in [0.15, 0.2) is 40.9 Å². The van der Waals surface area contributed by atoms with Gasteiger partial charge in [-0.2, -0.15) is 0 Å². The largest absolute Gasteiger partial charge is 0.398 e. The summed E-state index contributed by atoms with van der Waals surface area (Å²) in [5, 5.41) is 0.778. The highest BCUT2D eigenvalue weighted by Crippen LogP contribution is 2.28. The Balaban J connectivity index is 1.81. The van der Waals surface area contributed by atoms with Crippen LogP contribution in [0.3, 0.4) is 0 Å². The maximum absolute atomic E-state index is 6.09. The van der Waals surface area contributed by atoms with Crippen molar-refractivity contribution in [2.75, 3.05) is 12.3 Å². The summed E-state index contributed by atoms with van der Waals surface area (Å²) < 4.78 is 1.11. The second-order valence-corrected chi connectivity index (χ2v) is 6.47. The summed E-state index contributed by atoms with van der Waals surface area (Å²) in [7, 11) is 0. The van der Waals surface area contributed by atoms with Crippen molar-refractivity contribution in [1.29, 1.82) is 0 Å². The van der Waals surface area contributed by atoms with Crippen molar-refractivity contribution in [3.8, 4) is 0 Å². The molecule has 1 heterocycles. The van der Waals surface area contributed by atoms with Gasteiger partial charge in [-0.25, -0.2) is 0 Å². The summed E-state index contributed by atoms with van der Waals surface area (Å²) in [4.78, 5) is 2.41. The predicted octanol–water partition coefficient (Wildman–Crippen LogP) is 4.24. The van der Waals surface area contributed by atoms with Crippen molar-refractivity contribution >= 4 is 33.2 Å². The number of fused-ring (bicyclic) bond motifs is 1. The molecule has 0 unspecified atom stereocenters. The third-order valence-electron chi connectivity index (χ3n) is 3.79. The lowest BCUT2D eigenvalue weighted by atomic mass is 9.98. The fraction of sp³-hybridized carbons (Fsp3) is 0.250. The molecule has 0 radical (unpaired) electrons. The summed E-state index contributed by atoms with van der Waals surface area (Å²) in [6.45, 7) is 2.84. The Kier molecular flexibility index (Phi) is 4.01. The van der Waals surface area contributed by atoms with Crippen molar-refractivity contribution in [3.05, 3.63) is 62.6 Å². The average Bonchev–Trinajstić information content (AvgIpc) is 2.44. The number of nitrogens with two attached hydrogens (primary N) is 1. The Labute approximate surface area is 132 Å². The minimum atomic E-state index is 0.778. The second kappa shape index (κ2) is 5.76. The lowest BCUT2D eigenvalue weighted by Gasteiger charge is -2.30. The molecular formula is C16H16BrClN2. The number of anilines is 1. The van der Waals surface area contributed by atoms with Gasteiger partial charge in [0.2, 0.25) is 0 Å². The van der Waals surface area contributed by atoms with E-state index in [2.05, 4.69) is 26.9 Å². The van der Waals surface area contributed by atoms with Crippen LogP contribution >= 0.6 is 27.5 Å². The summed E-state index contributed by atoms with van der Waals surface area (Å²) >= 11 is 9.67. The average molecular weight is 352 g/mol. The Bertz CT molecular complexity index is 642. The molecular weight excluding hydrogens is 336 g/mol. The van der Waals surface area contributed by atoms with Gasteiger partial charge in [0.25, 0.3) is 0 Å². The molecule has 2 aromatic carbocycles. The van der Waals surface area contributed by atoms with E-state index in [1.165, 1.54) is 16.7 Å². The molecule has 0 spiro atoms. The topological polar surface area (TPSA) is 29.3 Å². The molecule has 0 fully saturated rings. The number of benzene rings is 2. The van der Waals surface area contributed by atoms with Crippen molar-refractivity contribution in [2.24, 2.45) is 0 Å². The molecule has 0 aromatic heterocycles. The molecule has 1 aliphatic heterocycles. The van der Waals surface area contributed by atoms with Crippen LogP contribution in [0.4, 0.5) is 5.69 Å². The minimum Gasteiger partial charge on any atom is -0.398 e. The SMILES string of the molecule is Nc1cccc2c1CN(Cc1cc(Cl)ccc1Br)CC2. The van der Waals surface area contributed by atoms with Crippen LogP contribution in [0, 0.1) is 0 Å². The molecule has 2 N–H and O–H groups in total. The quantitative estimate of drug-likeness (QED) is 0.820. The van der Waals surface area contributed by atoms with E-state index in [4.69, 9.17) is 17.3 Å². The Morgan fingerprint density at radius 2 is 2.10 bits per heavy atom. The smallest absolute Gasteiger partial charge is 0.0410 e. The summed E-state index contributed by atoms with van der Waals surface area (Å²) in [5.74, 6) is 0. The lowest BCUT2D eigenvalue weighted by molar-refractivity contribution is 0.245. The van der Waals surface area contributed by atoms with Crippen LogP contribution < -0.4 is 5.73 Å². The molecule has 0 saturated carbocycles. The van der Waals surface area contributed by atoms with Gasteiger partial charge in [0, 0.05) is 34.8 Å². The zero-order chi connectivity index (χ0) is 14.1. The molecule has 0 aliphatic carbocycles. The Morgan fingerprint density at radius 3 is 2.95 bits per heavy atom. The summed E-state index contributed by atoms with van der Waals surface area (Å²) in [6, 6.07) is 12.1. The first kappa shape index (κ1) is 13.9. The molecule has 4 heteroatoms. The summed E-state index contributed by atoms with van der Waals surface area (Å²) in [6.07, 6.45) is 1.05. The highest BCUT2D eigenvalue weighted by Gasteiger charge is 2.18. The molecule has 2 nitrogen and oxygen atoms in total. The maximum Gasteiger partial charge on any atom is 0.0410 e. The molecule has 2 aromatic rings. The summed E-state index contributed by atoms with van der Waals surface area (Å²) in [5.41, 5.74) is 10.9. The van der Waals surface area contributed by atoms with Gasteiger partial charge < -0.3 is 5.73 Å². The van der Waals surface area contributed by atoms with E-state index in [0.29, 0.717) is 0 Å². The van der Waals surface area contributed by atoms with Gasteiger partial charge in [0.1, 0.15) is 0 Å². The molecule has 0 bridgehead atoms. The van der Waals surface area contributed by atoms with Crippen molar-refractivity contribution in [1.82, 2.24) is 4.90 Å². The molecule has 0 atom stereocenters. The third kappa shape index (κ3) is 2.85. The maximum atomic E-state index is 6.09. The van der Waals surface area contributed by atoms with Gasteiger partial charge in [-0.15, -0.1) is 0 Å². The van der Waals surface area contributed by atoms with Crippen LogP contribution in [-0.4, -0.2) is 11.4 Å². The molecule has 104 valence electrons. The minimum absolute atomic E-state index is 0.778. The normalized spacial score (nSPS) is 15.1. The number of halogens is 2. The van der Waals surface area contributed by atoms with Crippen LogP contribution in [0.25, 0.3) is 0 Å². The van der Waals surface area contributed by atoms with E-state index in [9.17, 15) is 0 Å². The van der Waals surface area contributed by atoms with Crippen molar-refractivity contribution in [2.45, 2.75) is 19.5 Å². The zero-order valence-corrected chi connectivity index (χ0v) is 13.4. The zero-order valence-electron chi connectivity index (χ0n) is 11.1. The molecule has 3 rings (SSSR count). The first-order valence-corrected chi connectivity index (χ1v) is 7.83. The van der Waals surface area contributed by atoms with E-state index >= 15 is 0 Å². The molecule has 0 saturated heterocycles. The predicted molar refractivity (Wildman–Crippen MR) is 87.8 cm³/mol. The van der Waals surface area contributed by atoms with Gasteiger partial charge in [-0.1, -0.05) is 39.7 Å². The monoisotopic (exact) mass is 350 g/mol. The first-order chi connectivity index (χ1) is 9.63. The van der Waals surface area contributed by atoms with Crippen LogP contribution in [-0.2, 0) is 19.5 Å². The number of nitrogens with zero attached hydrogens (tertiary/aromatic N) is 1. The number of nitrogen functional groups attached to an aromatic ring is 1. The van der Waals surface area contributed by atoms with Crippen LogP contribution in [0.1, 0.15) is 16.7 Å². The van der Waals surface area contributed by atoms with E-state index in [1.807, 2.05) is 30.3 Å². The first-order valence-electron chi connectivity index (χ1n) is 6.66. The van der Waals surface area contributed by atoms with Crippen LogP contribution in [0.2, 0.25) is 5.02 Å². The number of rotatable bonds is 2. The van der Waals surface area contributed by atoms with E-state index < -0.39 is 0 Å². The van der Waals surface area contributed by atoms with Crippen molar-refractivity contribution in [3.63, 3.8) is 0 Å². The van der Waals surface area contributed by atoms with E-state index in [0.717, 1.165) is 41.2 Å². The standard InChI is InChI=1S/C16H16BrClN2/c17-15-5-4-13(18)8-12(15)9-20-7-6-11-2-1-3-16(19)14(11)10-20/h1-5,8H,6-7,9-10,19H2. The van der Waals surface area contributed by atoms with Gasteiger partial charge in [0.15, 0.2) is 0 Å². The highest BCUT2D eigenvalue weighted by atomic mass is 79.9. The molecule has 1 aliphatic rings. The lowest BCUT2D eigenvalue weighted by Crippen LogP contribution is -2.30. The molecule has 20 heavy (non-hydrogen) atoms. The number of hydrogen-bond acceptors (Lipinski definition) is 2. The van der Waals surface area contributed by atoms with Gasteiger partial charge in [-0.05, 0) is 47.4 Å². The van der Waals surface area contributed by atoms with Crippen LogP contribution in [0.5, 0.6) is 0 Å². The van der Waals surface area contributed by atoms with Gasteiger partial charge in [0.05, 0.1) is 0 Å². The Morgan fingerprint density at radius 1 is 1.25 bits per heavy atom. The highest BCUT2D eigenvalue weighted by molar-refractivity contribution is 9.10. The Hall–Kier alpha value is -1.03. The van der Waals surface area contributed by atoms with E-state index in [-0.39, 0.29) is 0 Å². The van der Waals surface area contributed by atoms with Gasteiger partial charge in [-0.3, -0.25) is 4.90 Å². The van der Waals surface area contributed by atoms with Gasteiger partial charge >= 0.3 is 0 Å². The van der Waals surface area contributed by atoms with E-state index in [1.54, 1.807) is 0 Å². The third-order valence-corrected chi connectivity index (χ3v) is 4.80.